The summed E-state index contributed by atoms with van der Waals surface area (Å²) in [5.41, 5.74) is 1.90. The van der Waals surface area contributed by atoms with Gasteiger partial charge in [-0.25, -0.2) is 0 Å². The van der Waals surface area contributed by atoms with E-state index in [1.165, 1.54) is 0 Å². The van der Waals surface area contributed by atoms with E-state index in [1.807, 2.05) is 43.9 Å². The van der Waals surface area contributed by atoms with Crippen molar-refractivity contribution in [2.45, 2.75) is 33.6 Å². The van der Waals surface area contributed by atoms with Crippen molar-refractivity contribution in [2.75, 3.05) is 31.1 Å². The summed E-state index contributed by atoms with van der Waals surface area (Å²) in [5.74, 6) is 0.837. The van der Waals surface area contributed by atoms with E-state index in [1.54, 1.807) is 4.90 Å². The van der Waals surface area contributed by atoms with Crippen molar-refractivity contribution < 1.29 is 14.3 Å². The molecule has 2 rings (SSSR count). The Morgan fingerprint density at radius 2 is 2.05 bits per heavy atom. The molecular formula is C17H24N2O3. The Hall–Kier alpha value is -2.04. The lowest BCUT2D eigenvalue weighted by molar-refractivity contribution is -0.131. The van der Waals surface area contributed by atoms with E-state index >= 15 is 0 Å². The maximum Gasteiger partial charge on any atom is 0.265 e. The summed E-state index contributed by atoms with van der Waals surface area (Å²) in [7, 11) is 0. The topological polar surface area (TPSA) is 49.9 Å². The minimum atomic E-state index is -0.0478. The number of fused-ring (bicyclic) bond motifs is 1. The van der Waals surface area contributed by atoms with Crippen LogP contribution in [0.1, 0.15) is 32.3 Å². The molecule has 0 fully saturated rings. The van der Waals surface area contributed by atoms with Crippen LogP contribution in [0.4, 0.5) is 5.69 Å². The standard InChI is InChI=1S/C17H24N2O3/c1-4-18(5-2)16(20)7-6-10-19-14-11-13(3)8-9-15(14)22-12-17(19)21/h8-9,11H,4-7,10,12H2,1-3H3. The summed E-state index contributed by atoms with van der Waals surface area (Å²) >= 11 is 0. The van der Waals surface area contributed by atoms with E-state index < -0.39 is 0 Å². The first-order chi connectivity index (χ1) is 10.6. The van der Waals surface area contributed by atoms with Gasteiger partial charge in [0.05, 0.1) is 5.69 Å². The van der Waals surface area contributed by atoms with E-state index in [0.717, 1.165) is 30.1 Å². The molecule has 1 aromatic rings. The molecule has 0 radical (unpaired) electrons. The average molecular weight is 304 g/mol. The van der Waals surface area contributed by atoms with Crippen molar-refractivity contribution in [3.8, 4) is 5.75 Å². The van der Waals surface area contributed by atoms with Gasteiger partial charge in [0.15, 0.2) is 6.61 Å². The Kier molecular flexibility index (Phi) is 5.41. The monoisotopic (exact) mass is 304 g/mol. The van der Waals surface area contributed by atoms with Gasteiger partial charge in [-0.2, -0.15) is 0 Å². The number of aryl methyl sites for hydroxylation is 1. The molecular weight excluding hydrogens is 280 g/mol. The molecule has 0 bridgehead atoms. The van der Waals surface area contributed by atoms with Gasteiger partial charge < -0.3 is 14.5 Å². The Labute approximate surface area is 131 Å². The largest absolute Gasteiger partial charge is 0.482 e. The lowest BCUT2D eigenvalue weighted by atomic mass is 10.1. The maximum absolute atomic E-state index is 12.1. The molecule has 22 heavy (non-hydrogen) atoms. The molecule has 1 heterocycles. The predicted octanol–water partition coefficient (Wildman–Crippen LogP) is 2.37. The van der Waals surface area contributed by atoms with Crippen molar-refractivity contribution >= 4 is 17.5 Å². The number of rotatable bonds is 6. The Morgan fingerprint density at radius 1 is 1.32 bits per heavy atom. The molecule has 5 nitrogen and oxygen atoms in total. The Balaban J connectivity index is 2.00. The van der Waals surface area contributed by atoms with Gasteiger partial charge in [-0.15, -0.1) is 0 Å². The van der Waals surface area contributed by atoms with E-state index in [2.05, 4.69) is 0 Å². The second kappa shape index (κ2) is 7.29. The van der Waals surface area contributed by atoms with Crippen LogP contribution in [0.5, 0.6) is 5.75 Å². The lowest BCUT2D eigenvalue weighted by Crippen LogP contribution is -2.40. The highest BCUT2D eigenvalue weighted by Crippen LogP contribution is 2.32. The number of ether oxygens (including phenoxy) is 1. The third kappa shape index (κ3) is 3.59. The zero-order chi connectivity index (χ0) is 16.1. The maximum atomic E-state index is 12.1. The van der Waals surface area contributed by atoms with Crippen LogP contribution in [0.25, 0.3) is 0 Å². The minimum absolute atomic E-state index is 0.0478. The number of hydrogen-bond donors (Lipinski definition) is 0. The molecule has 0 unspecified atom stereocenters. The normalized spacial score (nSPS) is 13.6. The molecule has 120 valence electrons. The highest BCUT2D eigenvalue weighted by molar-refractivity contribution is 5.97. The Bertz CT molecular complexity index is 553. The van der Waals surface area contributed by atoms with Crippen LogP contribution >= 0.6 is 0 Å². The summed E-state index contributed by atoms with van der Waals surface area (Å²) in [5, 5.41) is 0. The summed E-state index contributed by atoms with van der Waals surface area (Å²) in [6.07, 6.45) is 1.13. The fraction of sp³-hybridized carbons (Fsp3) is 0.529. The molecule has 0 aromatic heterocycles. The van der Waals surface area contributed by atoms with Crippen LogP contribution in [0, 0.1) is 6.92 Å². The second-order valence-electron chi connectivity index (χ2n) is 5.47. The van der Waals surface area contributed by atoms with Crippen molar-refractivity contribution in [1.29, 1.82) is 0 Å². The first-order valence-electron chi connectivity index (χ1n) is 7.88. The molecule has 1 aliphatic heterocycles. The Morgan fingerprint density at radius 3 is 2.73 bits per heavy atom. The van der Waals surface area contributed by atoms with E-state index in [4.69, 9.17) is 4.74 Å². The molecule has 0 saturated heterocycles. The average Bonchev–Trinajstić information content (AvgIpc) is 2.50. The minimum Gasteiger partial charge on any atom is -0.482 e. The molecule has 1 aromatic carbocycles. The summed E-state index contributed by atoms with van der Waals surface area (Å²) in [4.78, 5) is 27.7. The summed E-state index contributed by atoms with van der Waals surface area (Å²) in [6.45, 7) is 8.02. The molecule has 0 saturated carbocycles. The van der Waals surface area contributed by atoms with Crippen molar-refractivity contribution in [2.24, 2.45) is 0 Å². The van der Waals surface area contributed by atoms with E-state index in [9.17, 15) is 9.59 Å². The van der Waals surface area contributed by atoms with Gasteiger partial charge in [0, 0.05) is 26.1 Å². The third-order valence-electron chi connectivity index (χ3n) is 3.95. The molecule has 0 aliphatic carbocycles. The number of amides is 2. The van der Waals surface area contributed by atoms with Crippen molar-refractivity contribution in [3.05, 3.63) is 23.8 Å². The molecule has 0 atom stereocenters. The molecule has 0 spiro atoms. The summed E-state index contributed by atoms with van der Waals surface area (Å²) in [6, 6.07) is 5.82. The fourth-order valence-corrected chi connectivity index (χ4v) is 2.68. The highest BCUT2D eigenvalue weighted by Gasteiger charge is 2.25. The predicted molar refractivity (Wildman–Crippen MR) is 86.2 cm³/mol. The number of hydrogen-bond acceptors (Lipinski definition) is 3. The van der Waals surface area contributed by atoms with Crippen LogP contribution in [0.3, 0.4) is 0 Å². The molecule has 0 N–H and O–H groups in total. The molecule has 1 aliphatic rings. The van der Waals surface area contributed by atoms with Gasteiger partial charge in [-0.3, -0.25) is 9.59 Å². The van der Waals surface area contributed by atoms with Gasteiger partial charge in [-0.05, 0) is 44.9 Å². The quantitative estimate of drug-likeness (QED) is 0.810. The van der Waals surface area contributed by atoms with Crippen LogP contribution in [0.15, 0.2) is 18.2 Å². The van der Waals surface area contributed by atoms with Crippen LogP contribution in [0.2, 0.25) is 0 Å². The lowest BCUT2D eigenvalue weighted by Gasteiger charge is -2.30. The fourth-order valence-electron chi connectivity index (χ4n) is 2.68. The number of benzene rings is 1. The number of anilines is 1. The van der Waals surface area contributed by atoms with E-state index in [0.29, 0.717) is 19.4 Å². The SMILES string of the molecule is CCN(CC)C(=O)CCCN1C(=O)COc2ccc(C)cc21. The zero-order valence-electron chi connectivity index (χ0n) is 13.6. The van der Waals surface area contributed by atoms with Gasteiger partial charge in [0.25, 0.3) is 5.91 Å². The number of nitrogens with zero attached hydrogens (tertiary/aromatic N) is 2. The van der Waals surface area contributed by atoms with Crippen LogP contribution in [-0.2, 0) is 9.59 Å². The zero-order valence-corrected chi connectivity index (χ0v) is 13.6. The van der Waals surface area contributed by atoms with Gasteiger partial charge >= 0.3 is 0 Å². The first-order valence-corrected chi connectivity index (χ1v) is 7.88. The molecule has 5 heteroatoms. The summed E-state index contributed by atoms with van der Waals surface area (Å²) < 4.78 is 5.46. The van der Waals surface area contributed by atoms with Crippen molar-refractivity contribution in [1.82, 2.24) is 4.90 Å². The van der Waals surface area contributed by atoms with Crippen molar-refractivity contribution in [3.63, 3.8) is 0 Å². The first kappa shape index (κ1) is 16.3. The highest BCUT2D eigenvalue weighted by atomic mass is 16.5. The molecule has 2 amide bonds. The van der Waals surface area contributed by atoms with Crippen LogP contribution < -0.4 is 9.64 Å². The van der Waals surface area contributed by atoms with Crippen LogP contribution in [-0.4, -0.2) is 43.0 Å². The third-order valence-corrected chi connectivity index (χ3v) is 3.95. The van der Waals surface area contributed by atoms with Gasteiger partial charge in [0.1, 0.15) is 5.75 Å². The smallest absolute Gasteiger partial charge is 0.265 e. The number of carbonyl (C=O) groups is 2. The van der Waals surface area contributed by atoms with E-state index in [-0.39, 0.29) is 18.4 Å². The second-order valence-corrected chi connectivity index (χ2v) is 5.47. The number of carbonyl (C=O) groups excluding carboxylic acids is 2. The van der Waals surface area contributed by atoms with Gasteiger partial charge in [0.2, 0.25) is 5.91 Å². The van der Waals surface area contributed by atoms with Gasteiger partial charge in [-0.1, -0.05) is 6.07 Å².